The van der Waals surface area contributed by atoms with Crippen LogP contribution in [-0.2, 0) is 9.47 Å². The summed E-state index contributed by atoms with van der Waals surface area (Å²) in [7, 11) is 0. The van der Waals surface area contributed by atoms with Crippen molar-refractivity contribution < 1.29 is 9.47 Å². The van der Waals surface area contributed by atoms with Gasteiger partial charge in [-0.2, -0.15) is 0 Å². The molecular formula is C13H21NO2S. The molecule has 1 aliphatic heterocycles. The highest BCUT2D eigenvalue weighted by atomic mass is 32.1. The van der Waals surface area contributed by atoms with Crippen molar-refractivity contribution in [3.63, 3.8) is 0 Å². The molecule has 0 amide bonds. The van der Waals surface area contributed by atoms with Crippen LogP contribution in [0.1, 0.15) is 29.4 Å². The largest absolute Gasteiger partial charge is 0.381 e. The van der Waals surface area contributed by atoms with Gasteiger partial charge < -0.3 is 15.2 Å². The Hall–Kier alpha value is -0.420. The van der Waals surface area contributed by atoms with E-state index in [1.54, 1.807) is 11.3 Å². The van der Waals surface area contributed by atoms with Gasteiger partial charge in [0.2, 0.25) is 0 Å². The molecule has 1 aromatic heterocycles. The van der Waals surface area contributed by atoms with Gasteiger partial charge in [-0.05, 0) is 42.7 Å². The van der Waals surface area contributed by atoms with Gasteiger partial charge in [-0.15, -0.1) is 11.3 Å². The topological polar surface area (TPSA) is 44.5 Å². The van der Waals surface area contributed by atoms with E-state index in [0.717, 1.165) is 32.7 Å². The van der Waals surface area contributed by atoms with E-state index in [0.29, 0.717) is 12.5 Å². The van der Waals surface area contributed by atoms with E-state index in [1.165, 1.54) is 10.4 Å². The van der Waals surface area contributed by atoms with Crippen molar-refractivity contribution >= 4 is 11.3 Å². The van der Waals surface area contributed by atoms with Crippen molar-refractivity contribution in [1.82, 2.24) is 0 Å². The molecule has 0 spiro atoms. The SMILES string of the molecule is Cc1ccsc1C(CN)OCC1CCOCC1. The van der Waals surface area contributed by atoms with Gasteiger partial charge in [0, 0.05) is 24.6 Å². The lowest BCUT2D eigenvalue weighted by atomic mass is 10.0. The standard InChI is InChI=1S/C13H21NO2S/c1-10-4-7-17-13(10)12(8-14)16-9-11-2-5-15-6-3-11/h4,7,11-12H,2-3,5-6,8-9,14H2,1H3. The first-order valence-corrected chi connectivity index (χ1v) is 7.12. The third-order valence-corrected chi connectivity index (χ3v) is 4.39. The van der Waals surface area contributed by atoms with E-state index in [-0.39, 0.29) is 6.10 Å². The van der Waals surface area contributed by atoms with Gasteiger partial charge in [-0.1, -0.05) is 0 Å². The molecule has 2 N–H and O–H groups in total. The predicted octanol–water partition coefficient (Wildman–Crippen LogP) is 2.50. The number of ether oxygens (including phenoxy) is 2. The van der Waals surface area contributed by atoms with E-state index in [4.69, 9.17) is 15.2 Å². The van der Waals surface area contributed by atoms with Crippen molar-refractivity contribution in [2.45, 2.75) is 25.9 Å². The average Bonchev–Trinajstić information content (AvgIpc) is 2.78. The third-order valence-electron chi connectivity index (χ3n) is 3.28. The fraction of sp³-hybridized carbons (Fsp3) is 0.692. The van der Waals surface area contributed by atoms with Crippen LogP contribution in [0.5, 0.6) is 0 Å². The highest BCUT2D eigenvalue weighted by Crippen LogP contribution is 2.27. The van der Waals surface area contributed by atoms with Crippen molar-refractivity contribution in [3.05, 3.63) is 21.9 Å². The zero-order chi connectivity index (χ0) is 12.1. The summed E-state index contributed by atoms with van der Waals surface area (Å²) < 4.78 is 11.3. The zero-order valence-electron chi connectivity index (χ0n) is 10.4. The molecule has 1 aromatic rings. The third kappa shape index (κ3) is 3.52. The molecule has 0 bridgehead atoms. The maximum Gasteiger partial charge on any atom is 0.104 e. The molecule has 4 heteroatoms. The van der Waals surface area contributed by atoms with Crippen LogP contribution in [0.3, 0.4) is 0 Å². The second-order valence-electron chi connectivity index (χ2n) is 4.58. The van der Waals surface area contributed by atoms with Crippen LogP contribution in [0.15, 0.2) is 11.4 Å². The summed E-state index contributed by atoms with van der Waals surface area (Å²) >= 11 is 1.74. The first-order chi connectivity index (χ1) is 8.31. The van der Waals surface area contributed by atoms with Crippen molar-refractivity contribution in [2.75, 3.05) is 26.4 Å². The second-order valence-corrected chi connectivity index (χ2v) is 5.53. The number of thiophene rings is 1. The minimum absolute atomic E-state index is 0.0674. The fourth-order valence-electron chi connectivity index (χ4n) is 2.13. The lowest BCUT2D eigenvalue weighted by Gasteiger charge is -2.24. The maximum absolute atomic E-state index is 5.99. The van der Waals surface area contributed by atoms with Crippen LogP contribution in [0, 0.1) is 12.8 Å². The molecule has 1 fully saturated rings. The predicted molar refractivity (Wildman–Crippen MR) is 70.3 cm³/mol. The van der Waals surface area contributed by atoms with Crippen molar-refractivity contribution in [1.29, 1.82) is 0 Å². The minimum atomic E-state index is 0.0674. The molecule has 2 rings (SSSR count). The summed E-state index contributed by atoms with van der Waals surface area (Å²) in [5.74, 6) is 0.637. The van der Waals surface area contributed by atoms with E-state index < -0.39 is 0 Å². The summed E-state index contributed by atoms with van der Waals surface area (Å²) in [6.45, 7) is 5.23. The van der Waals surface area contributed by atoms with Gasteiger partial charge in [-0.3, -0.25) is 0 Å². The average molecular weight is 255 g/mol. The van der Waals surface area contributed by atoms with E-state index >= 15 is 0 Å². The summed E-state index contributed by atoms with van der Waals surface area (Å²) in [4.78, 5) is 1.28. The Kier molecular flexibility index (Phi) is 4.98. The first kappa shape index (κ1) is 13.0. The molecule has 0 radical (unpaired) electrons. The van der Waals surface area contributed by atoms with Crippen LogP contribution in [0.2, 0.25) is 0 Å². The van der Waals surface area contributed by atoms with Gasteiger partial charge in [0.1, 0.15) is 6.10 Å². The summed E-state index contributed by atoms with van der Waals surface area (Å²) in [5.41, 5.74) is 7.09. The maximum atomic E-state index is 5.99. The van der Waals surface area contributed by atoms with Gasteiger partial charge >= 0.3 is 0 Å². The Balaban J connectivity index is 1.85. The van der Waals surface area contributed by atoms with E-state index in [2.05, 4.69) is 18.4 Å². The number of hydrogen-bond acceptors (Lipinski definition) is 4. The van der Waals surface area contributed by atoms with Crippen LogP contribution < -0.4 is 5.73 Å². The van der Waals surface area contributed by atoms with Gasteiger partial charge in [-0.25, -0.2) is 0 Å². The van der Waals surface area contributed by atoms with Crippen LogP contribution in [0.25, 0.3) is 0 Å². The Morgan fingerprint density at radius 2 is 2.29 bits per heavy atom. The number of rotatable bonds is 5. The fourth-order valence-corrected chi connectivity index (χ4v) is 3.12. The molecular weight excluding hydrogens is 234 g/mol. The molecule has 17 heavy (non-hydrogen) atoms. The summed E-state index contributed by atoms with van der Waals surface area (Å²) in [5, 5.41) is 2.10. The monoisotopic (exact) mass is 255 g/mol. The quantitative estimate of drug-likeness (QED) is 0.879. The molecule has 1 atom stereocenters. The van der Waals surface area contributed by atoms with Gasteiger partial charge in [0.05, 0.1) is 6.61 Å². The lowest BCUT2D eigenvalue weighted by molar-refractivity contribution is -0.00778. The molecule has 1 saturated heterocycles. The lowest BCUT2D eigenvalue weighted by Crippen LogP contribution is -2.23. The molecule has 3 nitrogen and oxygen atoms in total. The number of nitrogens with two attached hydrogens (primary N) is 1. The van der Waals surface area contributed by atoms with Crippen LogP contribution in [-0.4, -0.2) is 26.4 Å². The minimum Gasteiger partial charge on any atom is -0.381 e. The van der Waals surface area contributed by atoms with Gasteiger partial charge in [0.25, 0.3) is 0 Å². The Morgan fingerprint density at radius 1 is 1.53 bits per heavy atom. The molecule has 0 aliphatic carbocycles. The molecule has 0 saturated carbocycles. The molecule has 1 unspecified atom stereocenters. The Labute approximate surface area is 107 Å². The normalized spacial score (nSPS) is 19.4. The van der Waals surface area contributed by atoms with Gasteiger partial charge in [0.15, 0.2) is 0 Å². The number of aryl methyl sites for hydroxylation is 1. The molecule has 0 aromatic carbocycles. The Morgan fingerprint density at radius 3 is 2.88 bits per heavy atom. The summed E-state index contributed by atoms with van der Waals surface area (Å²) in [6.07, 6.45) is 2.29. The number of hydrogen-bond donors (Lipinski definition) is 1. The van der Waals surface area contributed by atoms with Crippen LogP contribution >= 0.6 is 11.3 Å². The van der Waals surface area contributed by atoms with Crippen LogP contribution in [0.4, 0.5) is 0 Å². The van der Waals surface area contributed by atoms with E-state index in [9.17, 15) is 0 Å². The van der Waals surface area contributed by atoms with Crippen molar-refractivity contribution in [2.24, 2.45) is 11.7 Å². The first-order valence-electron chi connectivity index (χ1n) is 6.24. The van der Waals surface area contributed by atoms with Crippen molar-refractivity contribution in [3.8, 4) is 0 Å². The molecule has 96 valence electrons. The van der Waals surface area contributed by atoms with E-state index in [1.807, 2.05) is 0 Å². The smallest absolute Gasteiger partial charge is 0.104 e. The Bertz CT molecular complexity index is 334. The summed E-state index contributed by atoms with van der Waals surface area (Å²) in [6, 6.07) is 2.13. The highest BCUT2D eigenvalue weighted by Gasteiger charge is 2.18. The zero-order valence-corrected chi connectivity index (χ0v) is 11.2. The molecule has 2 heterocycles. The highest BCUT2D eigenvalue weighted by molar-refractivity contribution is 7.10. The second kappa shape index (κ2) is 6.50. The molecule has 1 aliphatic rings.